The highest BCUT2D eigenvalue weighted by molar-refractivity contribution is 7.99. The van der Waals surface area contributed by atoms with Crippen molar-refractivity contribution in [2.45, 2.75) is 37.0 Å². The highest BCUT2D eigenvalue weighted by Gasteiger charge is 2.27. The second-order valence-electron chi connectivity index (χ2n) is 8.18. The minimum atomic E-state index is -3.92. The molecule has 0 unspecified atom stereocenters. The van der Waals surface area contributed by atoms with Crippen molar-refractivity contribution in [2.75, 3.05) is 23.1 Å². The van der Waals surface area contributed by atoms with Crippen molar-refractivity contribution in [3.8, 4) is 0 Å². The van der Waals surface area contributed by atoms with Gasteiger partial charge >= 0.3 is 0 Å². The summed E-state index contributed by atoms with van der Waals surface area (Å²) < 4.78 is 28.2. The molecule has 0 radical (unpaired) electrons. The minimum Gasteiger partial charge on any atom is -0.354 e. The Kier molecular flexibility index (Phi) is 9.05. The number of halogens is 1. The third kappa shape index (κ3) is 7.26. The summed E-state index contributed by atoms with van der Waals surface area (Å²) in [6.07, 6.45) is 0.757. The van der Waals surface area contributed by atoms with Crippen LogP contribution in [0.2, 0.25) is 5.02 Å². The number of carbonyl (C=O) groups is 1. The fourth-order valence-corrected chi connectivity index (χ4v) is 5.84. The lowest BCUT2D eigenvalue weighted by molar-refractivity contribution is -0.119. The Labute approximate surface area is 211 Å². The van der Waals surface area contributed by atoms with Crippen molar-refractivity contribution in [3.05, 3.63) is 88.4 Å². The molecular formula is C26H29ClN2O3S2. The summed E-state index contributed by atoms with van der Waals surface area (Å²) in [5.41, 5.74) is 3.30. The molecule has 3 rings (SSSR count). The predicted molar refractivity (Wildman–Crippen MR) is 141 cm³/mol. The number of nitrogens with zero attached hydrogens (tertiary/aromatic N) is 1. The molecule has 0 atom stereocenters. The molecule has 34 heavy (non-hydrogen) atoms. The number of nitrogens with one attached hydrogen (secondary N) is 1. The van der Waals surface area contributed by atoms with Gasteiger partial charge in [0.05, 0.1) is 10.6 Å². The molecule has 3 aromatic carbocycles. The average molecular weight is 517 g/mol. The first-order chi connectivity index (χ1) is 16.1. The molecule has 0 aliphatic carbocycles. The number of aryl methyl sites for hydroxylation is 3. The SMILES string of the molecule is Cc1ccc(S(=O)(=O)N(CC(=O)NCCCSc2ccc(Cl)cc2)c2cc(C)cc(C)c2)cc1. The Morgan fingerprint density at radius 1 is 0.912 bits per heavy atom. The maximum atomic E-state index is 13.5. The van der Waals surface area contributed by atoms with Crippen LogP contribution in [-0.4, -0.2) is 33.2 Å². The molecule has 0 bridgehead atoms. The normalized spacial score (nSPS) is 11.3. The van der Waals surface area contributed by atoms with Gasteiger partial charge in [-0.2, -0.15) is 0 Å². The quantitative estimate of drug-likeness (QED) is 0.275. The summed E-state index contributed by atoms with van der Waals surface area (Å²) in [4.78, 5) is 14.0. The number of sulfonamides is 1. The molecule has 180 valence electrons. The van der Waals surface area contributed by atoms with Crippen molar-refractivity contribution in [1.29, 1.82) is 0 Å². The Bertz CT molecular complexity index is 1210. The second-order valence-corrected chi connectivity index (χ2v) is 11.6. The fourth-order valence-electron chi connectivity index (χ4n) is 3.45. The Balaban J connectivity index is 1.68. The van der Waals surface area contributed by atoms with E-state index in [1.807, 2.05) is 51.1 Å². The van der Waals surface area contributed by atoms with Crippen LogP contribution in [0.1, 0.15) is 23.1 Å². The molecule has 0 spiro atoms. The van der Waals surface area contributed by atoms with Gasteiger partial charge in [0, 0.05) is 16.5 Å². The molecule has 0 saturated heterocycles. The highest BCUT2D eigenvalue weighted by Crippen LogP contribution is 2.26. The summed E-state index contributed by atoms with van der Waals surface area (Å²) in [5.74, 6) is 0.482. The van der Waals surface area contributed by atoms with Gasteiger partial charge in [0.1, 0.15) is 6.54 Å². The van der Waals surface area contributed by atoms with E-state index < -0.39 is 10.0 Å². The number of carbonyl (C=O) groups excluding carboxylic acids is 1. The largest absolute Gasteiger partial charge is 0.354 e. The lowest BCUT2D eigenvalue weighted by Gasteiger charge is -2.25. The third-order valence-electron chi connectivity index (χ3n) is 5.12. The van der Waals surface area contributed by atoms with Crippen molar-refractivity contribution >= 4 is 45.0 Å². The molecule has 0 saturated carbocycles. The first-order valence-electron chi connectivity index (χ1n) is 11.0. The van der Waals surface area contributed by atoms with Crippen LogP contribution in [0.15, 0.2) is 76.5 Å². The predicted octanol–water partition coefficient (Wildman–Crippen LogP) is 5.76. The number of anilines is 1. The third-order valence-corrected chi connectivity index (χ3v) is 8.25. The average Bonchev–Trinajstić information content (AvgIpc) is 2.78. The van der Waals surface area contributed by atoms with Crippen LogP contribution in [0.3, 0.4) is 0 Å². The van der Waals surface area contributed by atoms with Gasteiger partial charge in [-0.1, -0.05) is 35.4 Å². The molecule has 5 nitrogen and oxygen atoms in total. The first-order valence-corrected chi connectivity index (χ1v) is 13.8. The highest BCUT2D eigenvalue weighted by atomic mass is 35.5. The standard InChI is InChI=1S/C26H29ClN2O3S2/c1-19-5-11-25(12-6-19)34(31,32)29(23-16-20(2)15-21(3)17-23)18-26(30)28-13-4-14-33-24-9-7-22(27)8-10-24/h5-12,15-17H,4,13-14,18H2,1-3H3,(H,28,30). The molecule has 1 amide bonds. The lowest BCUT2D eigenvalue weighted by atomic mass is 10.1. The van der Waals surface area contributed by atoms with Gasteiger partial charge in [-0.05, 0) is 92.6 Å². The summed E-state index contributed by atoms with van der Waals surface area (Å²) >= 11 is 7.59. The molecule has 1 N–H and O–H groups in total. The summed E-state index contributed by atoms with van der Waals surface area (Å²) in [7, 11) is -3.92. The maximum Gasteiger partial charge on any atom is 0.264 e. The number of amides is 1. The Morgan fingerprint density at radius 2 is 1.53 bits per heavy atom. The van der Waals surface area contributed by atoms with Crippen LogP contribution < -0.4 is 9.62 Å². The van der Waals surface area contributed by atoms with Gasteiger partial charge in [-0.3, -0.25) is 9.10 Å². The number of hydrogen-bond donors (Lipinski definition) is 1. The van der Waals surface area contributed by atoms with Gasteiger partial charge in [-0.15, -0.1) is 11.8 Å². The second kappa shape index (κ2) is 11.8. The smallest absolute Gasteiger partial charge is 0.264 e. The zero-order valence-corrected chi connectivity index (χ0v) is 21.9. The molecule has 0 fully saturated rings. The van der Waals surface area contributed by atoms with Crippen LogP contribution in [0.5, 0.6) is 0 Å². The van der Waals surface area contributed by atoms with Gasteiger partial charge in [0.25, 0.3) is 10.0 Å². The molecule has 8 heteroatoms. The van der Waals surface area contributed by atoms with E-state index in [0.29, 0.717) is 17.3 Å². The van der Waals surface area contributed by atoms with E-state index in [1.165, 1.54) is 4.31 Å². The van der Waals surface area contributed by atoms with Crippen molar-refractivity contribution in [1.82, 2.24) is 5.32 Å². The molecule has 0 aliphatic heterocycles. The number of rotatable bonds is 10. The monoisotopic (exact) mass is 516 g/mol. The first kappa shape index (κ1) is 26.1. The molecule has 0 aliphatic rings. The minimum absolute atomic E-state index is 0.157. The van der Waals surface area contributed by atoms with E-state index in [0.717, 1.165) is 33.8 Å². The summed E-state index contributed by atoms with van der Waals surface area (Å²) in [6, 6.07) is 19.8. The zero-order chi connectivity index (χ0) is 24.7. The van der Waals surface area contributed by atoms with Crippen molar-refractivity contribution in [3.63, 3.8) is 0 Å². The van der Waals surface area contributed by atoms with Crippen molar-refractivity contribution in [2.24, 2.45) is 0 Å². The number of benzene rings is 3. The molecule has 3 aromatic rings. The van der Waals surface area contributed by atoms with E-state index >= 15 is 0 Å². The van der Waals surface area contributed by atoms with E-state index in [1.54, 1.807) is 48.2 Å². The maximum absolute atomic E-state index is 13.5. The summed E-state index contributed by atoms with van der Waals surface area (Å²) in [6.45, 7) is 5.89. The van der Waals surface area contributed by atoms with E-state index in [-0.39, 0.29) is 17.3 Å². The number of thioether (sulfide) groups is 1. The number of hydrogen-bond acceptors (Lipinski definition) is 4. The summed E-state index contributed by atoms with van der Waals surface area (Å²) in [5, 5.41) is 3.56. The zero-order valence-electron chi connectivity index (χ0n) is 19.5. The van der Waals surface area contributed by atoms with E-state index in [4.69, 9.17) is 11.6 Å². The topological polar surface area (TPSA) is 66.5 Å². The van der Waals surface area contributed by atoms with E-state index in [2.05, 4.69) is 5.32 Å². The molecule has 0 aromatic heterocycles. The lowest BCUT2D eigenvalue weighted by Crippen LogP contribution is -2.41. The van der Waals surface area contributed by atoms with Crippen LogP contribution in [0.4, 0.5) is 5.69 Å². The van der Waals surface area contributed by atoms with Gasteiger partial charge in [0.15, 0.2) is 0 Å². The Morgan fingerprint density at radius 3 is 2.15 bits per heavy atom. The van der Waals surface area contributed by atoms with Crippen LogP contribution in [-0.2, 0) is 14.8 Å². The van der Waals surface area contributed by atoms with Crippen LogP contribution >= 0.6 is 23.4 Å². The fraction of sp³-hybridized carbons (Fsp3) is 0.269. The molecular weight excluding hydrogens is 488 g/mol. The van der Waals surface area contributed by atoms with Gasteiger partial charge in [-0.25, -0.2) is 8.42 Å². The van der Waals surface area contributed by atoms with Gasteiger partial charge in [0.2, 0.25) is 5.91 Å². The van der Waals surface area contributed by atoms with Crippen LogP contribution in [0, 0.1) is 20.8 Å². The van der Waals surface area contributed by atoms with Crippen molar-refractivity contribution < 1.29 is 13.2 Å². The van der Waals surface area contributed by atoms with Crippen LogP contribution in [0.25, 0.3) is 0 Å². The molecule has 0 heterocycles. The van der Waals surface area contributed by atoms with Gasteiger partial charge < -0.3 is 5.32 Å². The van der Waals surface area contributed by atoms with E-state index in [9.17, 15) is 13.2 Å². The Hall–Kier alpha value is -2.48.